The molecule has 0 aliphatic carbocycles. The highest BCUT2D eigenvalue weighted by molar-refractivity contribution is 5.80. The minimum Gasteiger partial charge on any atom is -0.394 e. The van der Waals surface area contributed by atoms with E-state index in [0.29, 0.717) is 12.8 Å². The summed E-state index contributed by atoms with van der Waals surface area (Å²) in [5.74, 6) is -0.591. The third-order valence-corrected chi connectivity index (χ3v) is 12.4. The van der Waals surface area contributed by atoms with Gasteiger partial charge in [0.1, 0.15) is 12.2 Å². The Labute approximate surface area is 367 Å². The standard InChI is InChI=1S/C53H103NO5/c1-3-5-7-9-11-13-15-17-18-19-20-21-22-23-24-25-26-27-28-29-30-31-32-33-34-35-37-39-41-43-45-47-51(57)53(59)54-49(48-55)52(58)50(56)46-44-42-40-38-36-16-14-12-10-8-6-4-2/h23-24,38,40,49-52,55-58H,3-22,25-37,39,41-48H2,1-2H3,(H,54,59)/b24-23-,40-38+. The number of amides is 1. The summed E-state index contributed by atoms with van der Waals surface area (Å²) in [6.07, 6.45) is 56.8. The number of unbranched alkanes of at least 4 members (excludes halogenated alkanes) is 35. The average Bonchev–Trinajstić information content (AvgIpc) is 3.24. The van der Waals surface area contributed by atoms with E-state index in [2.05, 4.69) is 43.5 Å². The fourth-order valence-electron chi connectivity index (χ4n) is 8.22. The number of rotatable bonds is 48. The van der Waals surface area contributed by atoms with Crippen molar-refractivity contribution in [3.05, 3.63) is 24.3 Å². The summed E-state index contributed by atoms with van der Waals surface area (Å²) < 4.78 is 0. The van der Waals surface area contributed by atoms with E-state index in [1.54, 1.807) is 0 Å². The Morgan fingerprint density at radius 1 is 0.407 bits per heavy atom. The topological polar surface area (TPSA) is 110 Å². The zero-order valence-electron chi connectivity index (χ0n) is 39.5. The molecule has 0 rings (SSSR count). The summed E-state index contributed by atoms with van der Waals surface area (Å²) in [4.78, 5) is 12.5. The predicted octanol–water partition coefficient (Wildman–Crippen LogP) is 14.7. The van der Waals surface area contributed by atoms with Crippen LogP contribution in [0.3, 0.4) is 0 Å². The number of aliphatic hydroxyl groups excluding tert-OH is 4. The quantitative estimate of drug-likeness (QED) is 0.0310. The second-order valence-corrected chi connectivity index (χ2v) is 18.2. The van der Waals surface area contributed by atoms with Crippen LogP contribution in [-0.2, 0) is 4.79 Å². The smallest absolute Gasteiger partial charge is 0.249 e. The van der Waals surface area contributed by atoms with Gasteiger partial charge in [0.25, 0.3) is 0 Å². The lowest BCUT2D eigenvalue weighted by atomic mass is 10.00. The summed E-state index contributed by atoms with van der Waals surface area (Å²) >= 11 is 0. The van der Waals surface area contributed by atoms with Crippen molar-refractivity contribution in [1.29, 1.82) is 0 Å². The van der Waals surface area contributed by atoms with Gasteiger partial charge in [-0.15, -0.1) is 0 Å². The summed E-state index contributed by atoms with van der Waals surface area (Å²) in [5, 5.41) is 43.7. The number of hydrogen-bond donors (Lipinski definition) is 5. The van der Waals surface area contributed by atoms with Crippen LogP contribution in [0.15, 0.2) is 24.3 Å². The normalized spacial score (nSPS) is 14.1. The fourth-order valence-corrected chi connectivity index (χ4v) is 8.22. The zero-order valence-corrected chi connectivity index (χ0v) is 39.5. The van der Waals surface area contributed by atoms with Gasteiger partial charge in [0.15, 0.2) is 0 Å². The first-order valence-electron chi connectivity index (χ1n) is 26.2. The Bertz CT molecular complexity index is 893. The summed E-state index contributed by atoms with van der Waals surface area (Å²) in [6.45, 7) is 4.04. The lowest BCUT2D eigenvalue weighted by Gasteiger charge is -2.27. The van der Waals surface area contributed by atoms with Crippen LogP contribution < -0.4 is 5.32 Å². The summed E-state index contributed by atoms with van der Waals surface area (Å²) in [7, 11) is 0. The summed E-state index contributed by atoms with van der Waals surface area (Å²) in [5.41, 5.74) is 0. The van der Waals surface area contributed by atoms with Crippen molar-refractivity contribution < 1.29 is 25.2 Å². The Morgan fingerprint density at radius 3 is 1.02 bits per heavy atom. The van der Waals surface area contributed by atoms with Crippen LogP contribution in [0.1, 0.15) is 277 Å². The van der Waals surface area contributed by atoms with Crippen molar-refractivity contribution in [2.24, 2.45) is 0 Å². The molecule has 0 radical (unpaired) electrons. The molecule has 5 N–H and O–H groups in total. The fraction of sp³-hybridized carbons (Fsp3) is 0.906. The van der Waals surface area contributed by atoms with E-state index in [9.17, 15) is 25.2 Å². The van der Waals surface area contributed by atoms with Gasteiger partial charge < -0.3 is 25.7 Å². The molecule has 0 saturated carbocycles. The first kappa shape index (κ1) is 57.8. The number of aliphatic hydroxyl groups is 4. The van der Waals surface area contributed by atoms with Crippen LogP contribution in [0.4, 0.5) is 0 Å². The first-order valence-corrected chi connectivity index (χ1v) is 26.2. The van der Waals surface area contributed by atoms with E-state index < -0.39 is 36.9 Å². The zero-order chi connectivity index (χ0) is 43.1. The molecule has 1 amide bonds. The van der Waals surface area contributed by atoms with Gasteiger partial charge in [0.2, 0.25) is 5.91 Å². The lowest BCUT2D eigenvalue weighted by molar-refractivity contribution is -0.132. The maximum absolute atomic E-state index is 12.5. The van der Waals surface area contributed by atoms with Crippen LogP contribution in [0.5, 0.6) is 0 Å². The molecule has 4 atom stereocenters. The Morgan fingerprint density at radius 2 is 0.695 bits per heavy atom. The van der Waals surface area contributed by atoms with Gasteiger partial charge in [0, 0.05) is 0 Å². The number of carbonyl (C=O) groups is 1. The van der Waals surface area contributed by atoms with E-state index in [-0.39, 0.29) is 0 Å². The maximum atomic E-state index is 12.5. The highest BCUT2D eigenvalue weighted by atomic mass is 16.3. The van der Waals surface area contributed by atoms with Gasteiger partial charge >= 0.3 is 0 Å². The number of allylic oxidation sites excluding steroid dienone is 4. The van der Waals surface area contributed by atoms with Gasteiger partial charge in [-0.25, -0.2) is 0 Å². The van der Waals surface area contributed by atoms with Crippen molar-refractivity contribution in [3.63, 3.8) is 0 Å². The molecule has 0 aliphatic heterocycles. The highest BCUT2D eigenvalue weighted by Crippen LogP contribution is 2.17. The molecule has 4 unspecified atom stereocenters. The third kappa shape index (κ3) is 41.9. The van der Waals surface area contributed by atoms with Crippen molar-refractivity contribution in [2.75, 3.05) is 6.61 Å². The van der Waals surface area contributed by atoms with Gasteiger partial charge in [-0.3, -0.25) is 4.79 Å². The summed E-state index contributed by atoms with van der Waals surface area (Å²) in [6, 6.07) is -0.999. The number of hydrogen-bond acceptors (Lipinski definition) is 5. The van der Waals surface area contributed by atoms with Crippen LogP contribution in [0.25, 0.3) is 0 Å². The van der Waals surface area contributed by atoms with Crippen LogP contribution in [0.2, 0.25) is 0 Å². The van der Waals surface area contributed by atoms with Crippen LogP contribution >= 0.6 is 0 Å². The molecule has 0 aliphatic rings. The molecule has 0 aromatic carbocycles. The van der Waals surface area contributed by atoms with E-state index in [4.69, 9.17) is 0 Å². The minimum absolute atomic E-state index is 0.365. The van der Waals surface area contributed by atoms with Gasteiger partial charge in [-0.05, 0) is 64.2 Å². The lowest BCUT2D eigenvalue weighted by Crippen LogP contribution is -2.53. The second-order valence-electron chi connectivity index (χ2n) is 18.2. The van der Waals surface area contributed by atoms with Crippen molar-refractivity contribution in [2.45, 2.75) is 301 Å². The molecule has 0 bridgehead atoms. The minimum atomic E-state index is -1.28. The molecular weight excluding hydrogens is 731 g/mol. The molecule has 0 fully saturated rings. The van der Waals surface area contributed by atoms with Crippen molar-refractivity contribution >= 4 is 5.91 Å². The molecule has 0 saturated heterocycles. The molecule has 350 valence electrons. The molecule has 6 nitrogen and oxygen atoms in total. The molecule has 0 aromatic heterocycles. The molecule has 0 spiro atoms. The first-order chi connectivity index (χ1) is 29.0. The van der Waals surface area contributed by atoms with Crippen molar-refractivity contribution in [1.82, 2.24) is 5.32 Å². The SMILES string of the molecule is CCCCCCCCC/C=C/CCCC(O)C(O)C(CO)NC(=O)C(O)CCCCCCCCCCCCCCCCC/C=C\CCCCCCCCCCCCCC. The molecular formula is C53H103NO5. The van der Waals surface area contributed by atoms with E-state index in [0.717, 1.165) is 38.5 Å². The van der Waals surface area contributed by atoms with Crippen LogP contribution in [0, 0.1) is 0 Å². The Balaban J connectivity index is 3.57. The average molecular weight is 834 g/mol. The van der Waals surface area contributed by atoms with Gasteiger partial charge in [0.05, 0.1) is 18.8 Å². The van der Waals surface area contributed by atoms with E-state index >= 15 is 0 Å². The van der Waals surface area contributed by atoms with E-state index in [1.807, 2.05) is 0 Å². The maximum Gasteiger partial charge on any atom is 0.249 e. The monoisotopic (exact) mass is 834 g/mol. The van der Waals surface area contributed by atoms with Crippen LogP contribution in [-0.4, -0.2) is 57.3 Å². The molecule has 6 heteroatoms. The predicted molar refractivity (Wildman–Crippen MR) is 256 cm³/mol. The Kier molecular flexibility index (Phi) is 46.9. The Hall–Kier alpha value is -1.21. The third-order valence-electron chi connectivity index (χ3n) is 12.4. The highest BCUT2D eigenvalue weighted by Gasteiger charge is 2.28. The largest absolute Gasteiger partial charge is 0.394 e. The van der Waals surface area contributed by atoms with Gasteiger partial charge in [-0.1, -0.05) is 237 Å². The number of carbonyl (C=O) groups excluding carboxylic acids is 1. The molecule has 0 heterocycles. The second kappa shape index (κ2) is 47.8. The van der Waals surface area contributed by atoms with Crippen molar-refractivity contribution in [3.8, 4) is 0 Å². The number of nitrogens with one attached hydrogen (secondary N) is 1. The van der Waals surface area contributed by atoms with E-state index in [1.165, 1.54) is 212 Å². The molecule has 0 aromatic rings. The molecule has 59 heavy (non-hydrogen) atoms. The van der Waals surface area contributed by atoms with Gasteiger partial charge in [-0.2, -0.15) is 0 Å².